The predicted octanol–water partition coefficient (Wildman–Crippen LogP) is 2.31. The van der Waals surface area contributed by atoms with Crippen LogP contribution >= 0.6 is 0 Å². The van der Waals surface area contributed by atoms with Crippen molar-refractivity contribution in [1.82, 2.24) is 10.0 Å². The third kappa shape index (κ3) is 5.63. The molecule has 0 fully saturated rings. The number of rotatable bonds is 8. The molecule has 130 valence electrons. The minimum atomic E-state index is -3.48. The predicted molar refractivity (Wildman–Crippen MR) is 85.1 cm³/mol. The van der Waals surface area contributed by atoms with Crippen molar-refractivity contribution in [3.63, 3.8) is 0 Å². The van der Waals surface area contributed by atoms with Gasteiger partial charge in [0.1, 0.15) is 0 Å². The van der Waals surface area contributed by atoms with E-state index in [-0.39, 0.29) is 31.0 Å². The number of sulfonamides is 1. The normalized spacial score (nSPS) is 11.6. The van der Waals surface area contributed by atoms with Gasteiger partial charge in [-0.3, -0.25) is 0 Å². The van der Waals surface area contributed by atoms with Gasteiger partial charge in [-0.25, -0.2) is 26.3 Å². The standard InChI is InChI=1S/C16H17F3N2O2S/c17-14-8-13(9-15(18)16(14)19)10-20-6-7-24(22,23)21-11-12-4-2-1-3-5-12/h1-5,8-9,20-21H,6-7,10-11H2. The molecule has 0 bridgehead atoms. The highest BCUT2D eigenvalue weighted by Crippen LogP contribution is 2.13. The molecule has 0 aliphatic carbocycles. The summed E-state index contributed by atoms with van der Waals surface area (Å²) in [6.45, 7) is 0.310. The number of hydrogen-bond acceptors (Lipinski definition) is 3. The number of halogens is 3. The summed E-state index contributed by atoms with van der Waals surface area (Å²) in [6, 6.07) is 10.8. The van der Waals surface area contributed by atoms with Crippen LogP contribution in [-0.2, 0) is 23.1 Å². The van der Waals surface area contributed by atoms with Crippen LogP contribution < -0.4 is 10.0 Å². The van der Waals surface area contributed by atoms with Gasteiger partial charge in [-0.15, -0.1) is 0 Å². The van der Waals surface area contributed by atoms with Crippen molar-refractivity contribution in [3.8, 4) is 0 Å². The van der Waals surface area contributed by atoms with Crippen LogP contribution in [0.25, 0.3) is 0 Å². The van der Waals surface area contributed by atoms with Gasteiger partial charge in [0.2, 0.25) is 10.0 Å². The Morgan fingerprint density at radius 1 is 0.875 bits per heavy atom. The zero-order valence-corrected chi connectivity index (χ0v) is 13.5. The Bertz CT molecular complexity index is 760. The summed E-state index contributed by atoms with van der Waals surface area (Å²) in [5.41, 5.74) is 1.03. The molecule has 0 saturated heterocycles. The molecule has 2 aromatic carbocycles. The van der Waals surface area contributed by atoms with E-state index < -0.39 is 27.5 Å². The van der Waals surface area contributed by atoms with Gasteiger partial charge in [-0.2, -0.15) is 0 Å². The summed E-state index contributed by atoms with van der Waals surface area (Å²) >= 11 is 0. The van der Waals surface area contributed by atoms with E-state index in [1.165, 1.54) is 0 Å². The number of nitrogens with one attached hydrogen (secondary N) is 2. The van der Waals surface area contributed by atoms with Crippen LogP contribution in [-0.4, -0.2) is 20.7 Å². The Labute approximate surface area is 138 Å². The molecule has 0 unspecified atom stereocenters. The zero-order chi connectivity index (χ0) is 17.6. The van der Waals surface area contributed by atoms with E-state index in [1.54, 1.807) is 12.1 Å². The van der Waals surface area contributed by atoms with E-state index in [0.29, 0.717) is 0 Å². The second-order valence-corrected chi connectivity index (χ2v) is 7.10. The van der Waals surface area contributed by atoms with Crippen LogP contribution in [0.3, 0.4) is 0 Å². The quantitative estimate of drug-likeness (QED) is 0.562. The summed E-state index contributed by atoms with van der Waals surface area (Å²) in [6.07, 6.45) is 0. The maximum atomic E-state index is 13.1. The molecule has 24 heavy (non-hydrogen) atoms. The smallest absolute Gasteiger partial charge is 0.213 e. The van der Waals surface area contributed by atoms with E-state index in [1.807, 2.05) is 18.2 Å². The average Bonchev–Trinajstić information content (AvgIpc) is 2.56. The van der Waals surface area contributed by atoms with Gasteiger partial charge in [0.05, 0.1) is 5.75 Å². The SMILES string of the molecule is O=S(=O)(CCNCc1cc(F)c(F)c(F)c1)NCc1ccccc1. The first-order valence-electron chi connectivity index (χ1n) is 7.23. The Morgan fingerprint density at radius 2 is 1.50 bits per heavy atom. The van der Waals surface area contributed by atoms with Gasteiger partial charge in [0.15, 0.2) is 17.5 Å². The Morgan fingerprint density at radius 3 is 2.12 bits per heavy atom. The second-order valence-electron chi connectivity index (χ2n) is 5.18. The summed E-state index contributed by atoms with van der Waals surface area (Å²) in [7, 11) is -3.48. The largest absolute Gasteiger partial charge is 0.312 e. The molecule has 2 rings (SSSR count). The third-order valence-electron chi connectivity index (χ3n) is 3.26. The second kappa shape index (κ2) is 8.27. The lowest BCUT2D eigenvalue weighted by molar-refractivity contribution is 0.444. The molecule has 0 radical (unpaired) electrons. The molecular weight excluding hydrogens is 341 g/mol. The summed E-state index contributed by atoms with van der Waals surface area (Å²) in [5, 5.41) is 2.75. The maximum Gasteiger partial charge on any atom is 0.213 e. The Balaban J connectivity index is 1.77. The molecule has 0 aliphatic rings. The molecule has 4 nitrogen and oxygen atoms in total. The molecule has 0 aliphatic heterocycles. The van der Waals surface area contributed by atoms with Crippen molar-refractivity contribution in [2.45, 2.75) is 13.1 Å². The highest BCUT2D eigenvalue weighted by molar-refractivity contribution is 7.89. The van der Waals surface area contributed by atoms with Gasteiger partial charge in [0, 0.05) is 19.6 Å². The van der Waals surface area contributed by atoms with E-state index in [9.17, 15) is 21.6 Å². The number of benzene rings is 2. The van der Waals surface area contributed by atoms with Gasteiger partial charge >= 0.3 is 0 Å². The molecule has 0 aromatic heterocycles. The summed E-state index contributed by atoms with van der Waals surface area (Å²) in [4.78, 5) is 0. The van der Waals surface area contributed by atoms with Crippen molar-refractivity contribution >= 4 is 10.0 Å². The van der Waals surface area contributed by atoms with Gasteiger partial charge in [-0.1, -0.05) is 30.3 Å². The first-order valence-corrected chi connectivity index (χ1v) is 8.88. The fourth-order valence-electron chi connectivity index (χ4n) is 2.01. The van der Waals surface area contributed by atoms with Crippen molar-refractivity contribution in [2.24, 2.45) is 0 Å². The molecular formula is C16H17F3N2O2S. The average molecular weight is 358 g/mol. The van der Waals surface area contributed by atoms with Crippen molar-refractivity contribution in [3.05, 3.63) is 71.0 Å². The topological polar surface area (TPSA) is 58.2 Å². The first-order chi connectivity index (χ1) is 11.4. The molecule has 0 atom stereocenters. The van der Waals surface area contributed by atoms with Crippen molar-refractivity contribution < 1.29 is 21.6 Å². The highest BCUT2D eigenvalue weighted by Gasteiger charge is 2.12. The van der Waals surface area contributed by atoms with Crippen LogP contribution in [0.2, 0.25) is 0 Å². The number of hydrogen-bond donors (Lipinski definition) is 2. The Kier molecular flexibility index (Phi) is 6.36. The minimum Gasteiger partial charge on any atom is -0.312 e. The maximum absolute atomic E-state index is 13.1. The lowest BCUT2D eigenvalue weighted by atomic mass is 10.2. The van der Waals surface area contributed by atoms with Crippen molar-refractivity contribution in [1.29, 1.82) is 0 Å². The molecule has 0 spiro atoms. The fourth-order valence-corrected chi connectivity index (χ4v) is 2.95. The summed E-state index contributed by atoms with van der Waals surface area (Å²) < 4.78 is 65.1. The van der Waals surface area contributed by atoms with Gasteiger partial charge < -0.3 is 5.32 Å². The molecule has 0 amide bonds. The lowest BCUT2D eigenvalue weighted by Crippen LogP contribution is -2.31. The third-order valence-corrected chi connectivity index (χ3v) is 4.59. The van der Waals surface area contributed by atoms with E-state index in [0.717, 1.165) is 17.7 Å². The molecule has 0 heterocycles. The highest BCUT2D eigenvalue weighted by atomic mass is 32.2. The molecule has 2 aromatic rings. The monoisotopic (exact) mass is 358 g/mol. The van der Waals surface area contributed by atoms with Gasteiger partial charge in [-0.05, 0) is 23.3 Å². The molecule has 8 heteroatoms. The van der Waals surface area contributed by atoms with E-state index >= 15 is 0 Å². The fraction of sp³-hybridized carbons (Fsp3) is 0.250. The van der Waals surface area contributed by atoms with Crippen LogP contribution in [0.5, 0.6) is 0 Å². The van der Waals surface area contributed by atoms with Crippen molar-refractivity contribution in [2.75, 3.05) is 12.3 Å². The van der Waals surface area contributed by atoms with Crippen LogP contribution in [0, 0.1) is 17.5 Å². The Hall–Kier alpha value is -1.90. The van der Waals surface area contributed by atoms with Crippen LogP contribution in [0.4, 0.5) is 13.2 Å². The molecule has 2 N–H and O–H groups in total. The minimum absolute atomic E-state index is 0.0301. The molecule has 0 saturated carbocycles. The van der Waals surface area contributed by atoms with E-state index in [2.05, 4.69) is 10.0 Å². The van der Waals surface area contributed by atoms with Gasteiger partial charge in [0.25, 0.3) is 0 Å². The first kappa shape index (κ1) is 18.4. The zero-order valence-electron chi connectivity index (χ0n) is 12.7. The lowest BCUT2D eigenvalue weighted by Gasteiger charge is -2.08. The van der Waals surface area contributed by atoms with Crippen LogP contribution in [0.1, 0.15) is 11.1 Å². The van der Waals surface area contributed by atoms with Crippen LogP contribution in [0.15, 0.2) is 42.5 Å². The summed E-state index contributed by atoms with van der Waals surface area (Å²) in [5.74, 6) is -4.26. The van der Waals surface area contributed by atoms with E-state index in [4.69, 9.17) is 0 Å².